The maximum Gasteiger partial charge on any atom is 0.119 e. The predicted octanol–water partition coefficient (Wildman–Crippen LogP) is 2.46. The van der Waals surface area contributed by atoms with Gasteiger partial charge in [0.2, 0.25) is 0 Å². The van der Waals surface area contributed by atoms with E-state index in [1.807, 2.05) is 12.1 Å². The van der Waals surface area contributed by atoms with E-state index in [2.05, 4.69) is 6.07 Å². The molecule has 80 valence electrons. The molecule has 15 heavy (non-hydrogen) atoms. The van der Waals surface area contributed by atoms with Crippen LogP contribution < -0.4 is 4.74 Å². The van der Waals surface area contributed by atoms with Crippen molar-refractivity contribution in [3.8, 4) is 5.75 Å². The topological polar surface area (TPSA) is 29.5 Å². The fourth-order valence-electron chi connectivity index (χ4n) is 2.73. The van der Waals surface area contributed by atoms with E-state index in [9.17, 15) is 5.11 Å². The number of fused-ring (bicyclic) bond motifs is 1. The zero-order chi connectivity index (χ0) is 10.5. The minimum absolute atomic E-state index is 0.238. The molecular weight excluding hydrogens is 188 g/mol. The number of rotatable bonds is 1. The standard InChI is InChI=1S/C13H16O2/c1-15-10-2-3-11-9(8-10)4-5-13(6-7-13)12(11)14/h2-3,8,12,14H,4-7H2,1H3. The minimum atomic E-state index is -0.243. The summed E-state index contributed by atoms with van der Waals surface area (Å²) in [5.74, 6) is 0.896. The van der Waals surface area contributed by atoms with Crippen molar-refractivity contribution in [2.75, 3.05) is 7.11 Å². The van der Waals surface area contributed by atoms with Gasteiger partial charge in [-0.25, -0.2) is 0 Å². The summed E-state index contributed by atoms with van der Waals surface area (Å²) in [6, 6.07) is 6.04. The summed E-state index contributed by atoms with van der Waals surface area (Å²) in [6.07, 6.45) is 4.36. The van der Waals surface area contributed by atoms with Crippen molar-refractivity contribution < 1.29 is 9.84 Å². The molecule has 1 N–H and O–H groups in total. The summed E-state index contributed by atoms with van der Waals surface area (Å²) in [5, 5.41) is 10.3. The second-order valence-corrected chi connectivity index (χ2v) is 4.83. The first kappa shape index (κ1) is 9.22. The van der Waals surface area contributed by atoms with Crippen LogP contribution >= 0.6 is 0 Å². The van der Waals surface area contributed by atoms with Crippen LogP contribution in [-0.4, -0.2) is 12.2 Å². The molecule has 2 heteroatoms. The minimum Gasteiger partial charge on any atom is -0.497 e. The molecule has 1 atom stereocenters. The van der Waals surface area contributed by atoms with Crippen LogP contribution in [-0.2, 0) is 6.42 Å². The highest BCUT2D eigenvalue weighted by molar-refractivity contribution is 5.40. The monoisotopic (exact) mass is 204 g/mol. The van der Waals surface area contributed by atoms with E-state index in [1.165, 1.54) is 18.4 Å². The Bertz CT molecular complexity index is 394. The second kappa shape index (κ2) is 2.99. The summed E-state index contributed by atoms with van der Waals surface area (Å²) in [4.78, 5) is 0. The number of aliphatic hydroxyl groups is 1. The molecule has 1 aromatic carbocycles. The molecule has 0 aromatic heterocycles. The van der Waals surface area contributed by atoms with Crippen LogP contribution in [0.25, 0.3) is 0 Å². The summed E-state index contributed by atoms with van der Waals surface area (Å²) in [7, 11) is 1.68. The Balaban J connectivity index is 2.01. The molecule has 1 saturated carbocycles. The summed E-state index contributed by atoms with van der Waals surface area (Å²) >= 11 is 0. The summed E-state index contributed by atoms with van der Waals surface area (Å²) in [5.41, 5.74) is 2.63. The second-order valence-electron chi connectivity index (χ2n) is 4.83. The molecule has 1 unspecified atom stereocenters. The highest BCUT2D eigenvalue weighted by Gasteiger charge is 2.51. The van der Waals surface area contributed by atoms with Crippen molar-refractivity contribution in [2.45, 2.75) is 31.8 Å². The molecule has 3 rings (SSSR count). The largest absolute Gasteiger partial charge is 0.497 e. The van der Waals surface area contributed by atoms with Crippen LogP contribution in [0.4, 0.5) is 0 Å². The third kappa shape index (κ3) is 1.28. The number of hydrogen-bond donors (Lipinski definition) is 1. The van der Waals surface area contributed by atoms with E-state index in [4.69, 9.17) is 4.74 Å². The molecule has 0 bridgehead atoms. The maximum absolute atomic E-state index is 10.3. The van der Waals surface area contributed by atoms with Crippen LogP contribution in [0.3, 0.4) is 0 Å². The first-order valence-corrected chi connectivity index (χ1v) is 5.60. The highest BCUT2D eigenvalue weighted by atomic mass is 16.5. The van der Waals surface area contributed by atoms with E-state index in [1.54, 1.807) is 7.11 Å². The van der Waals surface area contributed by atoms with Gasteiger partial charge in [-0.05, 0) is 48.9 Å². The number of hydrogen-bond acceptors (Lipinski definition) is 2. The number of aliphatic hydroxyl groups excluding tert-OH is 1. The molecule has 1 fully saturated rings. The van der Waals surface area contributed by atoms with Gasteiger partial charge >= 0.3 is 0 Å². The van der Waals surface area contributed by atoms with Crippen molar-refractivity contribution in [3.05, 3.63) is 29.3 Å². The zero-order valence-electron chi connectivity index (χ0n) is 8.99. The zero-order valence-corrected chi connectivity index (χ0v) is 8.99. The molecule has 0 aliphatic heterocycles. The molecule has 1 spiro atoms. The van der Waals surface area contributed by atoms with E-state index >= 15 is 0 Å². The lowest BCUT2D eigenvalue weighted by Gasteiger charge is -2.30. The predicted molar refractivity (Wildman–Crippen MR) is 57.9 cm³/mol. The molecule has 2 aliphatic carbocycles. The highest BCUT2D eigenvalue weighted by Crippen LogP contribution is 2.60. The maximum atomic E-state index is 10.3. The molecule has 0 heterocycles. The van der Waals surface area contributed by atoms with Crippen molar-refractivity contribution in [1.29, 1.82) is 0 Å². The van der Waals surface area contributed by atoms with Gasteiger partial charge in [0, 0.05) is 5.41 Å². The quantitative estimate of drug-likeness (QED) is 0.761. The van der Waals surface area contributed by atoms with Gasteiger partial charge < -0.3 is 9.84 Å². The van der Waals surface area contributed by atoms with Crippen molar-refractivity contribution >= 4 is 0 Å². The van der Waals surface area contributed by atoms with E-state index in [0.29, 0.717) is 0 Å². The lowest BCUT2D eigenvalue weighted by Crippen LogP contribution is -2.21. The molecule has 0 amide bonds. The Morgan fingerprint density at radius 1 is 1.33 bits per heavy atom. The van der Waals surface area contributed by atoms with Crippen molar-refractivity contribution in [3.63, 3.8) is 0 Å². The lowest BCUT2D eigenvalue weighted by molar-refractivity contribution is 0.0778. The average Bonchev–Trinajstić information content (AvgIpc) is 3.05. The third-order valence-electron chi connectivity index (χ3n) is 4.01. The van der Waals surface area contributed by atoms with Gasteiger partial charge in [0.25, 0.3) is 0 Å². The van der Waals surface area contributed by atoms with Crippen molar-refractivity contribution in [2.24, 2.45) is 5.41 Å². The van der Waals surface area contributed by atoms with Gasteiger partial charge in [-0.1, -0.05) is 6.07 Å². The van der Waals surface area contributed by atoms with Gasteiger partial charge in [0.05, 0.1) is 13.2 Å². The van der Waals surface area contributed by atoms with Gasteiger partial charge in [-0.15, -0.1) is 0 Å². The first-order chi connectivity index (χ1) is 7.25. The normalized spacial score (nSPS) is 26.1. The lowest BCUT2D eigenvalue weighted by atomic mass is 9.79. The first-order valence-electron chi connectivity index (χ1n) is 5.60. The summed E-state index contributed by atoms with van der Waals surface area (Å²) in [6.45, 7) is 0. The number of methoxy groups -OCH3 is 1. The molecule has 0 saturated heterocycles. The fraction of sp³-hybridized carbons (Fsp3) is 0.538. The summed E-state index contributed by atoms with van der Waals surface area (Å²) < 4.78 is 5.20. The van der Waals surface area contributed by atoms with Crippen LogP contribution in [0.1, 0.15) is 36.5 Å². The third-order valence-corrected chi connectivity index (χ3v) is 4.01. The van der Waals surface area contributed by atoms with Gasteiger partial charge in [-0.2, -0.15) is 0 Å². The van der Waals surface area contributed by atoms with E-state index in [0.717, 1.165) is 24.2 Å². The van der Waals surface area contributed by atoms with Crippen LogP contribution in [0.5, 0.6) is 5.75 Å². The molecule has 2 aliphatic rings. The Hall–Kier alpha value is -1.02. The van der Waals surface area contributed by atoms with Crippen LogP contribution in [0.2, 0.25) is 0 Å². The van der Waals surface area contributed by atoms with Crippen molar-refractivity contribution in [1.82, 2.24) is 0 Å². The Morgan fingerprint density at radius 3 is 2.80 bits per heavy atom. The van der Waals surface area contributed by atoms with Gasteiger partial charge in [0.15, 0.2) is 0 Å². The average molecular weight is 204 g/mol. The SMILES string of the molecule is COc1ccc2c(c1)CCC1(CC1)C2O. The number of benzene rings is 1. The smallest absolute Gasteiger partial charge is 0.119 e. The van der Waals surface area contributed by atoms with E-state index in [-0.39, 0.29) is 11.5 Å². The number of ether oxygens (including phenoxy) is 1. The van der Waals surface area contributed by atoms with Crippen LogP contribution in [0, 0.1) is 5.41 Å². The molecular formula is C13H16O2. The van der Waals surface area contributed by atoms with Crippen LogP contribution in [0.15, 0.2) is 18.2 Å². The van der Waals surface area contributed by atoms with Gasteiger partial charge in [0.1, 0.15) is 5.75 Å². The Morgan fingerprint density at radius 2 is 2.13 bits per heavy atom. The Labute approximate surface area is 89.9 Å². The molecule has 1 aromatic rings. The molecule has 0 radical (unpaired) electrons. The van der Waals surface area contributed by atoms with Gasteiger partial charge in [-0.3, -0.25) is 0 Å². The van der Waals surface area contributed by atoms with E-state index < -0.39 is 0 Å². The number of aryl methyl sites for hydroxylation is 1. The Kier molecular flexibility index (Phi) is 1.84. The fourth-order valence-corrected chi connectivity index (χ4v) is 2.73. The molecule has 2 nitrogen and oxygen atoms in total.